The third kappa shape index (κ3) is 32.4. The van der Waals surface area contributed by atoms with Crippen LogP contribution in [0.2, 0.25) is 0 Å². The topological polar surface area (TPSA) is 114 Å². The van der Waals surface area contributed by atoms with E-state index in [1.165, 1.54) is 193 Å². The molecule has 2 rings (SSSR count). The fourth-order valence-corrected chi connectivity index (χ4v) is 9.41. The van der Waals surface area contributed by atoms with Gasteiger partial charge in [-0.2, -0.15) is 0 Å². The van der Waals surface area contributed by atoms with Gasteiger partial charge in [0.15, 0.2) is 0 Å². The van der Waals surface area contributed by atoms with E-state index in [-0.39, 0.29) is 32.8 Å². The number of unbranched alkanes of at least 4 members (excludes halogenated alkanes) is 30. The van der Waals surface area contributed by atoms with Gasteiger partial charge < -0.3 is 9.11 Å². The largest absolute Gasteiger partial charge is 2.00 e. The minimum Gasteiger partial charge on any atom is -0.744 e. The van der Waals surface area contributed by atoms with E-state index in [1.54, 1.807) is 38.1 Å². The second-order valence-corrected chi connectivity index (χ2v) is 19.9. The second kappa shape index (κ2) is 37.6. The molecular formula is C50H86MgO6S2. The quantitative estimate of drug-likeness (QED) is 0.0383. The smallest absolute Gasteiger partial charge is 0.744 e. The number of hydrogen-bond donors (Lipinski definition) is 0. The molecule has 0 aromatic heterocycles. The maximum absolute atomic E-state index is 11.3. The van der Waals surface area contributed by atoms with Crippen molar-refractivity contribution in [1.82, 2.24) is 0 Å². The molecule has 6 nitrogen and oxygen atoms in total. The van der Waals surface area contributed by atoms with Gasteiger partial charge >= 0.3 is 23.1 Å². The van der Waals surface area contributed by atoms with Gasteiger partial charge in [-0.15, -0.1) is 0 Å². The SMILES string of the molecule is CCCCCCCCCCCCCCCCCCc1ccc(C)c(S(=O)(=O)[O-])c1.CCCCCCCCCCCCCCCCCCc1ccc(C)c(S(=O)(=O)[O-])c1.[Mg+2]. The van der Waals surface area contributed by atoms with Crippen LogP contribution >= 0.6 is 0 Å². The molecule has 0 fully saturated rings. The van der Waals surface area contributed by atoms with Crippen LogP contribution < -0.4 is 0 Å². The molecule has 59 heavy (non-hydrogen) atoms. The monoisotopic (exact) mass is 871 g/mol. The molecule has 0 aliphatic rings. The first-order valence-corrected chi connectivity index (χ1v) is 26.8. The molecule has 0 radical (unpaired) electrons. The fourth-order valence-electron chi connectivity index (χ4n) is 7.89. The van der Waals surface area contributed by atoms with Crippen molar-refractivity contribution in [3.8, 4) is 0 Å². The standard InChI is InChI=1S/2C25H44O3S.Mg/c2*1-3-4-5-6-7-8-9-10-11-12-13-14-15-16-17-18-19-24-21-20-23(2)25(22-24)29(26,27)28;/h2*20-22H,3-19H2,1-2H3,(H,26,27,28);/q;;+2/p-2. The summed E-state index contributed by atoms with van der Waals surface area (Å²) in [7, 11) is -8.73. The maximum Gasteiger partial charge on any atom is 2.00 e. The van der Waals surface area contributed by atoms with Gasteiger partial charge in [-0.05, 0) is 73.9 Å². The van der Waals surface area contributed by atoms with Crippen molar-refractivity contribution in [2.45, 2.75) is 256 Å². The van der Waals surface area contributed by atoms with Gasteiger partial charge in [0.1, 0.15) is 20.2 Å². The molecule has 0 aliphatic carbocycles. The first-order valence-electron chi connectivity index (χ1n) is 24.0. The van der Waals surface area contributed by atoms with Gasteiger partial charge in [0, 0.05) is 0 Å². The Kier molecular flexibility index (Phi) is 36.9. The van der Waals surface area contributed by atoms with Gasteiger partial charge in [0.25, 0.3) is 0 Å². The molecular weight excluding hydrogens is 785 g/mol. The van der Waals surface area contributed by atoms with Crippen molar-refractivity contribution in [1.29, 1.82) is 0 Å². The molecule has 0 spiro atoms. The zero-order valence-electron chi connectivity index (χ0n) is 38.5. The predicted molar refractivity (Wildman–Crippen MR) is 251 cm³/mol. The molecule has 0 atom stereocenters. The molecule has 2 aromatic rings. The van der Waals surface area contributed by atoms with Crippen LogP contribution in [0.4, 0.5) is 0 Å². The summed E-state index contributed by atoms with van der Waals surface area (Å²) in [5, 5.41) is 0. The van der Waals surface area contributed by atoms with Crippen LogP contribution in [0.15, 0.2) is 46.2 Å². The Morgan fingerprint density at radius 2 is 0.559 bits per heavy atom. The number of rotatable bonds is 36. The van der Waals surface area contributed by atoms with Crippen molar-refractivity contribution >= 4 is 43.3 Å². The molecule has 0 aliphatic heterocycles. The Morgan fingerprint density at radius 3 is 0.763 bits per heavy atom. The third-order valence-electron chi connectivity index (χ3n) is 11.7. The molecule has 0 amide bonds. The molecule has 9 heteroatoms. The Balaban J connectivity index is 0.00000112. The summed E-state index contributed by atoms with van der Waals surface area (Å²) in [5.74, 6) is 0. The molecule has 0 N–H and O–H groups in total. The minimum atomic E-state index is -4.37. The van der Waals surface area contributed by atoms with Crippen LogP contribution in [0.25, 0.3) is 0 Å². The normalized spacial score (nSPS) is 11.6. The Morgan fingerprint density at radius 1 is 0.356 bits per heavy atom. The summed E-state index contributed by atoms with van der Waals surface area (Å²) in [4.78, 5) is -0.127. The van der Waals surface area contributed by atoms with Crippen molar-refractivity contribution in [2.24, 2.45) is 0 Å². The van der Waals surface area contributed by atoms with Crippen LogP contribution in [-0.2, 0) is 33.1 Å². The third-order valence-corrected chi connectivity index (χ3v) is 13.6. The van der Waals surface area contributed by atoms with Crippen LogP contribution in [0.1, 0.15) is 242 Å². The molecule has 0 saturated carbocycles. The van der Waals surface area contributed by atoms with Crippen molar-refractivity contribution in [2.75, 3.05) is 0 Å². The van der Waals surface area contributed by atoms with E-state index in [0.29, 0.717) is 11.1 Å². The molecule has 2 aromatic carbocycles. The summed E-state index contributed by atoms with van der Waals surface area (Å²) in [6.07, 6.45) is 44.7. The van der Waals surface area contributed by atoms with Crippen molar-refractivity contribution in [3.63, 3.8) is 0 Å². The van der Waals surface area contributed by atoms with E-state index in [2.05, 4.69) is 13.8 Å². The summed E-state index contributed by atoms with van der Waals surface area (Å²) >= 11 is 0. The van der Waals surface area contributed by atoms with Gasteiger partial charge in [-0.25, -0.2) is 16.8 Å². The summed E-state index contributed by atoms with van der Waals surface area (Å²) in [5.41, 5.74) is 2.98. The van der Waals surface area contributed by atoms with Gasteiger partial charge in [-0.3, -0.25) is 0 Å². The van der Waals surface area contributed by atoms with E-state index in [9.17, 15) is 25.9 Å². The summed E-state index contributed by atoms with van der Waals surface area (Å²) < 4.78 is 67.6. The summed E-state index contributed by atoms with van der Waals surface area (Å²) in [6.45, 7) is 7.88. The fraction of sp³-hybridized carbons (Fsp3) is 0.760. The zero-order chi connectivity index (χ0) is 42.7. The van der Waals surface area contributed by atoms with E-state index in [1.807, 2.05) is 12.1 Å². The Hall–Kier alpha value is -0.974. The van der Waals surface area contributed by atoms with E-state index >= 15 is 0 Å². The first-order chi connectivity index (χ1) is 27.9. The van der Waals surface area contributed by atoms with Gasteiger partial charge in [-0.1, -0.05) is 231 Å². The van der Waals surface area contributed by atoms with Gasteiger partial charge in [0.2, 0.25) is 0 Å². The predicted octanol–water partition coefficient (Wildman–Crippen LogP) is 15.0. The van der Waals surface area contributed by atoms with Gasteiger partial charge in [0.05, 0.1) is 9.79 Å². The Bertz CT molecular complexity index is 1400. The summed E-state index contributed by atoms with van der Waals surface area (Å²) in [6, 6.07) is 10.5. The van der Waals surface area contributed by atoms with Crippen molar-refractivity contribution < 1.29 is 25.9 Å². The molecule has 336 valence electrons. The number of benzene rings is 2. The second-order valence-electron chi connectivity index (χ2n) is 17.2. The Labute approximate surface area is 381 Å². The zero-order valence-corrected chi connectivity index (χ0v) is 41.5. The molecule has 0 heterocycles. The van der Waals surface area contributed by atoms with E-state index < -0.39 is 20.2 Å². The van der Waals surface area contributed by atoms with E-state index in [0.717, 1.165) is 36.8 Å². The van der Waals surface area contributed by atoms with Crippen LogP contribution in [-0.4, -0.2) is 49.0 Å². The van der Waals surface area contributed by atoms with Crippen LogP contribution in [0, 0.1) is 13.8 Å². The van der Waals surface area contributed by atoms with E-state index in [4.69, 9.17) is 0 Å². The maximum atomic E-state index is 11.3. The number of aryl methyl sites for hydroxylation is 4. The number of hydrogen-bond acceptors (Lipinski definition) is 6. The average Bonchev–Trinajstić information content (AvgIpc) is 3.18. The average molecular weight is 872 g/mol. The molecule has 0 bridgehead atoms. The van der Waals surface area contributed by atoms with Crippen LogP contribution in [0.5, 0.6) is 0 Å². The molecule has 0 unspecified atom stereocenters. The molecule has 0 saturated heterocycles. The first kappa shape index (κ1) is 58.0. The van der Waals surface area contributed by atoms with Crippen LogP contribution in [0.3, 0.4) is 0 Å². The van der Waals surface area contributed by atoms with Crippen molar-refractivity contribution in [3.05, 3.63) is 58.7 Å². The minimum absolute atomic E-state index is 0.